The van der Waals surface area contributed by atoms with Gasteiger partial charge in [-0.15, -0.1) is 0 Å². The lowest BCUT2D eigenvalue weighted by Crippen LogP contribution is -2.44. The third kappa shape index (κ3) is 8.11. The molecule has 0 radical (unpaired) electrons. The summed E-state index contributed by atoms with van der Waals surface area (Å²) in [5.41, 5.74) is 3.69. The van der Waals surface area contributed by atoms with Crippen molar-refractivity contribution in [2.75, 3.05) is 47.1 Å². The normalized spacial score (nSPS) is 10.9. The number of nitrogens with zero attached hydrogens (tertiary/aromatic N) is 2. The van der Waals surface area contributed by atoms with Crippen LogP contribution in [0, 0.1) is 0 Å². The van der Waals surface area contributed by atoms with E-state index in [1.807, 2.05) is 60.5 Å². The van der Waals surface area contributed by atoms with Crippen molar-refractivity contribution in [1.82, 2.24) is 14.8 Å². The maximum Gasteiger partial charge on any atom is 0.254 e. The number of carbonyl (C=O) groups is 2. The first-order chi connectivity index (χ1) is 20.0. The Morgan fingerprint density at radius 3 is 2.44 bits per heavy atom. The monoisotopic (exact) mass is 557 g/mol. The number of para-hydroxylation sites is 1. The molecule has 0 bridgehead atoms. The van der Waals surface area contributed by atoms with Crippen molar-refractivity contribution in [2.24, 2.45) is 0 Å². The lowest BCUT2D eigenvalue weighted by Gasteiger charge is -2.28. The van der Waals surface area contributed by atoms with Crippen LogP contribution < -0.4 is 9.47 Å². The van der Waals surface area contributed by atoms with Crippen molar-refractivity contribution >= 4 is 22.7 Å². The molecule has 0 atom stereocenters. The van der Waals surface area contributed by atoms with Crippen molar-refractivity contribution in [3.63, 3.8) is 0 Å². The summed E-state index contributed by atoms with van der Waals surface area (Å²) in [6, 6.07) is 23.0. The number of benzene rings is 3. The standard InChI is InChI=1S/C33H39N3O5/c1-4-41-28-15-13-25(14-16-28)23-35(19-17-27-22-34-31-12-6-5-11-30(27)31)32(37)24-36(18-8-20-39-2)33(38)26-9-7-10-29(21-26)40-3/h5-7,9-16,21-22,34H,4,8,17-20,23-24H2,1-3H3. The van der Waals surface area contributed by atoms with Gasteiger partial charge in [-0.3, -0.25) is 9.59 Å². The summed E-state index contributed by atoms with van der Waals surface area (Å²) in [4.78, 5) is 34.2. The summed E-state index contributed by atoms with van der Waals surface area (Å²) in [6.45, 7) is 4.32. The molecular formula is C33H39N3O5. The van der Waals surface area contributed by atoms with Gasteiger partial charge in [-0.1, -0.05) is 36.4 Å². The summed E-state index contributed by atoms with van der Waals surface area (Å²) in [5, 5.41) is 1.15. The number of methoxy groups -OCH3 is 2. The van der Waals surface area contributed by atoms with Crippen molar-refractivity contribution < 1.29 is 23.8 Å². The number of carbonyl (C=O) groups excluding carboxylic acids is 2. The van der Waals surface area contributed by atoms with Gasteiger partial charge in [-0.05, 0) is 67.3 Å². The Kier molecular flexibility index (Phi) is 10.8. The van der Waals surface area contributed by atoms with Gasteiger partial charge in [0, 0.05) is 56.0 Å². The zero-order valence-corrected chi connectivity index (χ0v) is 24.1. The number of aromatic amines is 1. The molecule has 0 aliphatic heterocycles. The van der Waals surface area contributed by atoms with Gasteiger partial charge in [-0.2, -0.15) is 0 Å². The second-order valence-electron chi connectivity index (χ2n) is 9.81. The first-order valence-electron chi connectivity index (χ1n) is 14.0. The van der Waals surface area contributed by atoms with E-state index < -0.39 is 0 Å². The van der Waals surface area contributed by atoms with Gasteiger partial charge >= 0.3 is 0 Å². The number of amides is 2. The zero-order valence-electron chi connectivity index (χ0n) is 24.1. The van der Waals surface area contributed by atoms with Crippen LogP contribution in [0.15, 0.2) is 79.0 Å². The van der Waals surface area contributed by atoms with E-state index in [4.69, 9.17) is 14.2 Å². The molecule has 2 amide bonds. The summed E-state index contributed by atoms with van der Waals surface area (Å²) < 4.78 is 16.1. The molecule has 1 N–H and O–H groups in total. The molecule has 216 valence electrons. The maximum absolute atomic E-state index is 13.9. The fraction of sp³-hybridized carbons (Fsp3) is 0.333. The summed E-state index contributed by atoms with van der Waals surface area (Å²) >= 11 is 0. The van der Waals surface area contributed by atoms with Gasteiger partial charge in [0.15, 0.2) is 0 Å². The van der Waals surface area contributed by atoms with E-state index in [1.165, 1.54) is 0 Å². The van der Waals surface area contributed by atoms with Crippen LogP contribution in [0.25, 0.3) is 10.9 Å². The van der Waals surface area contributed by atoms with Crippen molar-refractivity contribution in [3.05, 3.63) is 95.7 Å². The molecule has 0 saturated heterocycles. The number of hydrogen-bond acceptors (Lipinski definition) is 5. The van der Waals surface area contributed by atoms with Crippen LogP contribution in [0.3, 0.4) is 0 Å². The average molecular weight is 558 g/mol. The lowest BCUT2D eigenvalue weighted by atomic mass is 10.1. The second-order valence-corrected chi connectivity index (χ2v) is 9.81. The van der Waals surface area contributed by atoms with Crippen LogP contribution >= 0.6 is 0 Å². The van der Waals surface area contributed by atoms with E-state index in [-0.39, 0.29) is 18.4 Å². The number of hydrogen-bond donors (Lipinski definition) is 1. The predicted octanol–water partition coefficient (Wildman–Crippen LogP) is 5.33. The molecule has 4 aromatic rings. The molecule has 0 spiro atoms. The Labute approximate surface area is 241 Å². The minimum atomic E-state index is -0.217. The molecule has 0 aliphatic carbocycles. The largest absolute Gasteiger partial charge is 0.497 e. The van der Waals surface area contributed by atoms with Gasteiger partial charge in [0.25, 0.3) is 5.91 Å². The van der Waals surface area contributed by atoms with Crippen LogP contribution in [0.1, 0.15) is 34.8 Å². The maximum atomic E-state index is 13.9. The highest BCUT2D eigenvalue weighted by molar-refractivity contribution is 5.97. The fourth-order valence-corrected chi connectivity index (χ4v) is 4.82. The molecule has 1 aromatic heterocycles. The van der Waals surface area contributed by atoms with E-state index in [0.717, 1.165) is 27.8 Å². The van der Waals surface area contributed by atoms with Crippen molar-refractivity contribution in [3.8, 4) is 11.5 Å². The van der Waals surface area contributed by atoms with Crippen LogP contribution in [-0.2, 0) is 22.5 Å². The van der Waals surface area contributed by atoms with Crippen LogP contribution in [-0.4, -0.2) is 73.7 Å². The van der Waals surface area contributed by atoms with Gasteiger partial charge in [-0.25, -0.2) is 0 Å². The number of rotatable bonds is 15. The SMILES string of the molecule is CCOc1ccc(CN(CCc2c[nH]c3ccccc23)C(=O)CN(CCCOC)C(=O)c2cccc(OC)c2)cc1. The summed E-state index contributed by atoms with van der Waals surface area (Å²) in [6.07, 6.45) is 3.31. The fourth-order valence-electron chi connectivity index (χ4n) is 4.82. The van der Waals surface area contributed by atoms with E-state index in [2.05, 4.69) is 11.1 Å². The predicted molar refractivity (Wildman–Crippen MR) is 160 cm³/mol. The minimum absolute atomic E-state index is 0.0370. The molecule has 0 aliphatic rings. The van der Waals surface area contributed by atoms with E-state index in [9.17, 15) is 9.59 Å². The Bertz CT molecular complexity index is 1420. The number of aromatic nitrogens is 1. The molecule has 4 rings (SSSR count). The number of ether oxygens (including phenoxy) is 3. The molecule has 3 aromatic carbocycles. The number of fused-ring (bicyclic) bond motifs is 1. The summed E-state index contributed by atoms with van der Waals surface area (Å²) in [7, 11) is 3.19. The topological polar surface area (TPSA) is 84.1 Å². The Balaban J connectivity index is 1.55. The molecule has 1 heterocycles. The second kappa shape index (κ2) is 14.9. The Morgan fingerprint density at radius 1 is 0.878 bits per heavy atom. The lowest BCUT2D eigenvalue weighted by molar-refractivity contribution is -0.132. The highest BCUT2D eigenvalue weighted by Gasteiger charge is 2.23. The smallest absolute Gasteiger partial charge is 0.254 e. The van der Waals surface area contributed by atoms with Crippen LogP contribution in [0.4, 0.5) is 0 Å². The first-order valence-corrected chi connectivity index (χ1v) is 14.0. The molecule has 0 fully saturated rings. The summed E-state index contributed by atoms with van der Waals surface area (Å²) in [5.74, 6) is 1.05. The van der Waals surface area contributed by atoms with Crippen LogP contribution in [0.2, 0.25) is 0 Å². The quantitative estimate of drug-likeness (QED) is 0.200. The van der Waals surface area contributed by atoms with Gasteiger partial charge in [0.05, 0.1) is 13.7 Å². The van der Waals surface area contributed by atoms with Gasteiger partial charge in [0.1, 0.15) is 18.0 Å². The van der Waals surface area contributed by atoms with Crippen molar-refractivity contribution in [2.45, 2.75) is 26.3 Å². The minimum Gasteiger partial charge on any atom is -0.497 e. The van der Waals surface area contributed by atoms with E-state index in [1.54, 1.807) is 43.4 Å². The molecule has 41 heavy (non-hydrogen) atoms. The van der Waals surface area contributed by atoms with Gasteiger partial charge < -0.3 is 29.0 Å². The molecule has 8 heteroatoms. The van der Waals surface area contributed by atoms with Crippen molar-refractivity contribution in [1.29, 1.82) is 0 Å². The third-order valence-corrected chi connectivity index (χ3v) is 6.99. The van der Waals surface area contributed by atoms with Crippen LogP contribution in [0.5, 0.6) is 11.5 Å². The first kappa shape index (κ1) is 29.7. The van der Waals surface area contributed by atoms with Gasteiger partial charge in [0.2, 0.25) is 5.91 Å². The third-order valence-electron chi connectivity index (χ3n) is 6.99. The number of nitrogens with one attached hydrogen (secondary N) is 1. The van der Waals surface area contributed by atoms with E-state index >= 15 is 0 Å². The molecule has 0 unspecified atom stereocenters. The molecular weight excluding hydrogens is 518 g/mol. The molecule has 8 nitrogen and oxygen atoms in total. The Hall–Kier alpha value is -4.30. The van der Waals surface area contributed by atoms with E-state index in [0.29, 0.717) is 57.0 Å². The zero-order chi connectivity index (χ0) is 29.0. The number of H-pyrrole nitrogens is 1. The highest BCUT2D eigenvalue weighted by Crippen LogP contribution is 2.20. The molecule has 0 saturated carbocycles. The highest BCUT2D eigenvalue weighted by atomic mass is 16.5. The average Bonchev–Trinajstić information content (AvgIpc) is 3.42. The Morgan fingerprint density at radius 2 is 1.68 bits per heavy atom.